The van der Waals surface area contributed by atoms with E-state index in [1.807, 2.05) is 32.0 Å². The van der Waals surface area contributed by atoms with Gasteiger partial charge in [0, 0.05) is 10.6 Å². The molecule has 4 nitrogen and oxygen atoms in total. The van der Waals surface area contributed by atoms with Crippen LogP contribution in [0, 0.1) is 11.6 Å². The Morgan fingerprint density at radius 1 is 1.11 bits per heavy atom. The molecule has 1 amide bonds. The van der Waals surface area contributed by atoms with Gasteiger partial charge in [-0.3, -0.25) is 9.59 Å². The average Bonchev–Trinajstić information content (AvgIpc) is 2.62. The smallest absolute Gasteiger partial charge is 0.317 e. The molecule has 2 rings (SSSR count). The fourth-order valence-electron chi connectivity index (χ4n) is 2.36. The van der Waals surface area contributed by atoms with Crippen LogP contribution < -0.4 is 5.32 Å². The number of thioether (sulfide) groups is 1. The van der Waals surface area contributed by atoms with Crippen LogP contribution in [-0.4, -0.2) is 23.7 Å². The molecule has 0 bridgehead atoms. The van der Waals surface area contributed by atoms with Crippen LogP contribution in [0.1, 0.15) is 32.3 Å². The van der Waals surface area contributed by atoms with Gasteiger partial charge in [0.2, 0.25) is 0 Å². The summed E-state index contributed by atoms with van der Waals surface area (Å²) in [5.41, 5.74) is 1.64. The lowest BCUT2D eigenvalue weighted by Crippen LogP contribution is -2.30. The third kappa shape index (κ3) is 6.06. The number of benzene rings is 2. The van der Waals surface area contributed by atoms with Gasteiger partial charge in [-0.25, -0.2) is 8.78 Å². The number of nitrogens with one attached hydrogen (secondary N) is 1. The van der Waals surface area contributed by atoms with Gasteiger partial charge < -0.3 is 10.1 Å². The first-order valence-electron chi connectivity index (χ1n) is 8.45. The highest BCUT2D eigenvalue weighted by Crippen LogP contribution is 2.25. The monoisotopic (exact) mass is 393 g/mol. The Balaban J connectivity index is 1.90. The van der Waals surface area contributed by atoms with E-state index in [9.17, 15) is 18.4 Å². The van der Waals surface area contributed by atoms with E-state index in [1.165, 1.54) is 6.92 Å². The number of anilines is 1. The summed E-state index contributed by atoms with van der Waals surface area (Å²) in [5.74, 6) is -2.38. The summed E-state index contributed by atoms with van der Waals surface area (Å²) in [6, 6.07) is 10.4. The topological polar surface area (TPSA) is 55.4 Å². The van der Waals surface area contributed by atoms with Crippen molar-refractivity contribution in [3.05, 3.63) is 59.7 Å². The first-order chi connectivity index (χ1) is 12.8. The van der Waals surface area contributed by atoms with Gasteiger partial charge in [0.05, 0.1) is 5.75 Å². The molecule has 2 aromatic rings. The van der Waals surface area contributed by atoms with E-state index in [1.54, 1.807) is 6.07 Å². The minimum absolute atomic E-state index is 0.00918. The Labute approximate surface area is 161 Å². The van der Waals surface area contributed by atoms with Crippen molar-refractivity contribution in [2.24, 2.45) is 0 Å². The molecule has 0 heterocycles. The van der Waals surface area contributed by atoms with E-state index in [-0.39, 0.29) is 16.6 Å². The molecule has 7 heteroatoms. The number of hydrogen-bond donors (Lipinski definition) is 1. The molecule has 0 aliphatic rings. The van der Waals surface area contributed by atoms with Crippen molar-refractivity contribution in [3.8, 4) is 0 Å². The molecule has 0 aliphatic heterocycles. The van der Waals surface area contributed by atoms with Crippen LogP contribution in [-0.2, 0) is 14.3 Å². The van der Waals surface area contributed by atoms with Crippen LogP contribution in [0.2, 0.25) is 0 Å². The second-order valence-corrected chi connectivity index (χ2v) is 7.24. The van der Waals surface area contributed by atoms with Gasteiger partial charge in [-0.15, -0.1) is 11.8 Å². The summed E-state index contributed by atoms with van der Waals surface area (Å²) in [5, 5.41) is 2.75. The number of amides is 1. The van der Waals surface area contributed by atoms with Crippen molar-refractivity contribution in [2.75, 3.05) is 11.1 Å². The Hall–Kier alpha value is -2.41. The zero-order chi connectivity index (χ0) is 20.0. The lowest BCUT2D eigenvalue weighted by molar-refractivity contribution is -0.150. The van der Waals surface area contributed by atoms with Gasteiger partial charge >= 0.3 is 5.97 Å². The second-order valence-electron chi connectivity index (χ2n) is 6.23. The standard InChI is InChI=1S/C20H21F2NO3S/c1-12(2)15-6-4-5-7-17(15)23-20(25)13(3)26-19(24)11-27-18-10-14(21)8-9-16(18)22/h4-10,12-13H,11H2,1-3H3,(H,23,25)/t13-/m0/s1. The molecule has 2 aromatic carbocycles. The number of para-hydroxylation sites is 1. The lowest BCUT2D eigenvalue weighted by Gasteiger charge is -2.17. The van der Waals surface area contributed by atoms with E-state index in [0.717, 1.165) is 35.5 Å². The highest BCUT2D eigenvalue weighted by molar-refractivity contribution is 8.00. The molecule has 0 aromatic heterocycles. The largest absolute Gasteiger partial charge is 0.452 e. The van der Waals surface area contributed by atoms with Gasteiger partial charge in [0.1, 0.15) is 11.6 Å². The van der Waals surface area contributed by atoms with E-state index in [2.05, 4.69) is 5.32 Å². The number of ether oxygens (including phenoxy) is 1. The van der Waals surface area contributed by atoms with Crippen molar-refractivity contribution in [3.63, 3.8) is 0 Å². The molecule has 0 saturated heterocycles. The Morgan fingerprint density at radius 3 is 2.52 bits per heavy atom. The zero-order valence-corrected chi connectivity index (χ0v) is 16.1. The Bertz CT molecular complexity index is 827. The quantitative estimate of drug-likeness (QED) is 0.545. The molecular weight excluding hydrogens is 372 g/mol. The van der Waals surface area contributed by atoms with Crippen molar-refractivity contribution in [1.29, 1.82) is 0 Å². The molecule has 144 valence electrons. The summed E-state index contributed by atoms with van der Waals surface area (Å²) in [6.07, 6.45) is -1.02. The van der Waals surface area contributed by atoms with Gasteiger partial charge in [0.15, 0.2) is 6.10 Å². The summed E-state index contributed by atoms with van der Waals surface area (Å²) < 4.78 is 31.8. The second kappa shape index (κ2) is 9.50. The van der Waals surface area contributed by atoms with Crippen molar-refractivity contribution < 1.29 is 23.1 Å². The third-order valence-electron chi connectivity index (χ3n) is 3.76. The highest BCUT2D eigenvalue weighted by atomic mass is 32.2. The molecule has 1 atom stereocenters. The molecule has 0 unspecified atom stereocenters. The van der Waals surface area contributed by atoms with E-state index < -0.39 is 29.6 Å². The van der Waals surface area contributed by atoms with Crippen LogP contribution in [0.3, 0.4) is 0 Å². The van der Waals surface area contributed by atoms with E-state index >= 15 is 0 Å². The maximum atomic E-state index is 13.6. The molecule has 27 heavy (non-hydrogen) atoms. The SMILES string of the molecule is CC(C)c1ccccc1NC(=O)[C@H](C)OC(=O)CSc1cc(F)ccc1F. The summed E-state index contributed by atoms with van der Waals surface area (Å²) in [4.78, 5) is 24.2. The van der Waals surface area contributed by atoms with Crippen LogP contribution >= 0.6 is 11.8 Å². The molecule has 1 N–H and O–H groups in total. The Kier molecular flexibility index (Phi) is 7.36. The number of hydrogen-bond acceptors (Lipinski definition) is 4. The molecule has 0 radical (unpaired) electrons. The fraction of sp³-hybridized carbons (Fsp3) is 0.300. The molecule has 0 saturated carbocycles. The molecule has 0 spiro atoms. The first kappa shape index (κ1) is 20.9. The van der Waals surface area contributed by atoms with Gasteiger partial charge in [0.25, 0.3) is 5.91 Å². The predicted molar refractivity (Wildman–Crippen MR) is 102 cm³/mol. The fourth-order valence-corrected chi connectivity index (χ4v) is 3.10. The highest BCUT2D eigenvalue weighted by Gasteiger charge is 2.20. The van der Waals surface area contributed by atoms with E-state index in [4.69, 9.17) is 4.74 Å². The number of rotatable bonds is 7. The maximum Gasteiger partial charge on any atom is 0.317 e. The van der Waals surface area contributed by atoms with Crippen LogP contribution in [0.15, 0.2) is 47.4 Å². The van der Waals surface area contributed by atoms with Crippen molar-refractivity contribution in [1.82, 2.24) is 0 Å². The number of carbonyl (C=O) groups is 2. The van der Waals surface area contributed by atoms with E-state index in [0.29, 0.717) is 5.69 Å². The maximum absolute atomic E-state index is 13.6. The molecule has 0 aliphatic carbocycles. The molecular formula is C20H21F2NO3S. The molecule has 0 fully saturated rings. The summed E-state index contributed by atoms with van der Waals surface area (Å²) in [6.45, 7) is 5.48. The average molecular weight is 393 g/mol. The van der Waals surface area contributed by atoms with Crippen LogP contribution in [0.4, 0.5) is 14.5 Å². The summed E-state index contributed by atoms with van der Waals surface area (Å²) in [7, 11) is 0. The number of carbonyl (C=O) groups excluding carboxylic acids is 2. The normalized spacial score (nSPS) is 11.9. The van der Waals surface area contributed by atoms with Crippen molar-refractivity contribution >= 4 is 29.3 Å². The van der Waals surface area contributed by atoms with Gasteiger partial charge in [-0.1, -0.05) is 32.0 Å². The minimum atomic E-state index is -1.02. The summed E-state index contributed by atoms with van der Waals surface area (Å²) >= 11 is 0.812. The van der Waals surface area contributed by atoms with Gasteiger partial charge in [-0.05, 0) is 42.7 Å². The number of esters is 1. The van der Waals surface area contributed by atoms with Crippen LogP contribution in [0.25, 0.3) is 0 Å². The lowest BCUT2D eigenvalue weighted by atomic mass is 10.0. The predicted octanol–water partition coefficient (Wildman–Crippen LogP) is 4.75. The van der Waals surface area contributed by atoms with Gasteiger partial charge in [-0.2, -0.15) is 0 Å². The Morgan fingerprint density at radius 2 is 1.81 bits per heavy atom. The first-order valence-corrected chi connectivity index (χ1v) is 9.43. The minimum Gasteiger partial charge on any atom is -0.452 e. The third-order valence-corrected chi connectivity index (χ3v) is 4.76. The van der Waals surface area contributed by atoms with Crippen LogP contribution in [0.5, 0.6) is 0 Å². The zero-order valence-electron chi connectivity index (χ0n) is 15.3. The number of halogens is 2. The van der Waals surface area contributed by atoms with Crippen molar-refractivity contribution in [2.45, 2.75) is 37.7 Å².